The predicted molar refractivity (Wildman–Crippen MR) is 147 cm³/mol. The van der Waals surface area contributed by atoms with Gasteiger partial charge in [-0.05, 0) is 54.8 Å². The Morgan fingerprint density at radius 3 is 2.43 bits per heavy atom. The number of carbonyl (C=O) groups excluding carboxylic acids is 3. The third kappa shape index (κ3) is 5.01. The molecule has 1 aliphatic rings. The van der Waals surface area contributed by atoms with Gasteiger partial charge in [0.1, 0.15) is 6.54 Å². The number of nitrogens with one attached hydrogen (secondary N) is 1. The molecule has 7 nitrogen and oxygen atoms in total. The molecular weight excluding hydrogens is 511 g/mol. The van der Waals surface area contributed by atoms with Crippen molar-refractivity contribution in [1.82, 2.24) is 9.97 Å². The summed E-state index contributed by atoms with van der Waals surface area (Å²) in [6.07, 6.45) is 3.40. The monoisotopic (exact) mass is 534 g/mol. The second-order valence-electron chi connectivity index (χ2n) is 8.75. The molecule has 1 aromatic heterocycles. The van der Waals surface area contributed by atoms with Gasteiger partial charge in [-0.1, -0.05) is 48.0 Å². The molecule has 9 heteroatoms. The summed E-state index contributed by atoms with van der Waals surface area (Å²) < 4.78 is 0. The van der Waals surface area contributed by atoms with Crippen LogP contribution in [-0.2, 0) is 16.1 Å². The van der Waals surface area contributed by atoms with E-state index < -0.39 is 11.7 Å². The van der Waals surface area contributed by atoms with E-state index >= 15 is 0 Å². The molecule has 0 saturated carbocycles. The van der Waals surface area contributed by atoms with Crippen molar-refractivity contribution in [2.24, 2.45) is 0 Å². The quantitative estimate of drug-likeness (QED) is 0.329. The summed E-state index contributed by atoms with van der Waals surface area (Å²) in [7, 11) is 0. The lowest BCUT2D eigenvalue weighted by molar-refractivity contribution is -0.120. The Labute approximate surface area is 225 Å². The molecule has 0 unspecified atom stereocenters. The first-order valence-electron chi connectivity index (χ1n) is 11.4. The predicted octanol–water partition coefficient (Wildman–Crippen LogP) is 5.53. The largest absolute Gasteiger partial charge is 0.351 e. The van der Waals surface area contributed by atoms with Gasteiger partial charge < -0.3 is 9.88 Å². The number of aromatic amines is 1. The Morgan fingerprint density at radius 1 is 1.03 bits per heavy atom. The zero-order chi connectivity index (χ0) is 25.4. The Morgan fingerprint density at radius 2 is 1.76 bits per heavy atom. The summed E-state index contributed by atoms with van der Waals surface area (Å²) in [5, 5.41) is 0.564. The van der Waals surface area contributed by atoms with Crippen LogP contribution in [0.3, 0.4) is 0 Å². The molecule has 0 aliphatic carbocycles. The summed E-state index contributed by atoms with van der Waals surface area (Å²) in [6.45, 7) is 3.61. The number of Topliss-reactive ketones (excluding diaryl/α,β-unsaturated/α-hetero) is 1. The van der Waals surface area contributed by atoms with Gasteiger partial charge in [-0.15, -0.1) is 12.4 Å². The number of aryl methyl sites for hydroxylation is 2. The third-order valence-corrected chi connectivity index (χ3v) is 6.56. The van der Waals surface area contributed by atoms with Crippen molar-refractivity contribution in [3.63, 3.8) is 0 Å². The fourth-order valence-corrected chi connectivity index (χ4v) is 4.72. The summed E-state index contributed by atoms with van der Waals surface area (Å²) in [5.41, 5.74) is 5.55. The number of nitrogens with zero attached hydrogens (tertiary/aromatic N) is 3. The van der Waals surface area contributed by atoms with Crippen LogP contribution in [-0.4, -0.2) is 34.1 Å². The number of aromatic nitrogens is 2. The highest BCUT2D eigenvalue weighted by molar-refractivity contribution is 6.53. The van der Waals surface area contributed by atoms with E-state index in [1.54, 1.807) is 36.5 Å². The van der Waals surface area contributed by atoms with Gasteiger partial charge in [0.05, 0.1) is 29.8 Å². The SMILES string of the molecule is Cc1ccc(C)c2c1C(=O)C(=O)N2CC(=O)N(Cc1cccc(Cl)c1)c1ccc(-c2c[nH]cn2)cc1.Cl. The normalized spacial score (nSPS) is 12.4. The van der Waals surface area contributed by atoms with Crippen LogP contribution in [0.15, 0.2) is 73.2 Å². The average molecular weight is 535 g/mol. The minimum Gasteiger partial charge on any atom is -0.351 e. The van der Waals surface area contributed by atoms with Crippen molar-refractivity contribution in [3.8, 4) is 11.3 Å². The van der Waals surface area contributed by atoms with Gasteiger partial charge in [0, 0.05) is 22.5 Å². The summed E-state index contributed by atoms with van der Waals surface area (Å²) in [6, 6.07) is 18.4. The van der Waals surface area contributed by atoms with Crippen molar-refractivity contribution in [2.45, 2.75) is 20.4 Å². The molecule has 3 aromatic carbocycles. The fourth-order valence-electron chi connectivity index (χ4n) is 4.50. The second kappa shape index (κ2) is 10.6. The highest BCUT2D eigenvalue weighted by Gasteiger charge is 2.39. The number of fused-ring (bicyclic) bond motifs is 1. The Kier molecular flexibility index (Phi) is 7.47. The first kappa shape index (κ1) is 26.1. The van der Waals surface area contributed by atoms with Gasteiger partial charge in [-0.2, -0.15) is 0 Å². The molecule has 37 heavy (non-hydrogen) atoms. The molecule has 1 N–H and O–H groups in total. The van der Waals surface area contributed by atoms with E-state index in [4.69, 9.17) is 11.6 Å². The highest BCUT2D eigenvalue weighted by atomic mass is 35.5. The number of benzene rings is 3. The van der Waals surface area contributed by atoms with E-state index in [1.165, 1.54) is 4.90 Å². The van der Waals surface area contributed by atoms with Crippen molar-refractivity contribution in [3.05, 3.63) is 100 Å². The molecule has 5 rings (SSSR count). The standard InChI is InChI=1S/C28H23ClN4O3.ClH/c1-17-6-7-18(2)26-25(17)27(35)28(36)33(26)15-24(34)32(14-19-4-3-5-21(29)12-19)22-10-8-20(9-11-22)23-13-30-16-31-23;/h3-13,16H,14-15H2,1-2H3,(H,30,31);1H. The van der Waals surface area contributed by atoms with Gasteiger partial charge in [0.15, 0.2) is 0 Å². The average Bonchev–Trinajstić information content (AvgIpc) is 3.49. The Hall–Kier alpha value is -3.94. The van der Waals surface area contributed by atoms with E-state index in [-0.39, 0.29) is 31.4 Å². The maximum Gasteiger partial charge on any atom is 0.299 e. The lowest BCUT2D eigenvalue weighted by Gasteiger charge is -2.26. The molecule has 0 atom stereocenters. The maximum atomic E-state index is 13.7. The van der Waals surface area contributed by atoms with Crippen molar-refractivity contribution < 1.29 is 14.4 Å². The first-order valence-corrected chi connectivity index (χ1v) is 11.8. The third-order valence-electron chi connectivity index (χ3n) is 6.32. The fraction of sp³-hybridized carbons (Fsp3) is 0.143. The number of anilines is 2. The van der Waals surface area contributed by atoms with E-state index in [2.05, 4.69) is 9.97 Å². The number of hydrogen-bond donors (Lipinski definition) is 1. The maximum absolute atomic E-state index is 13.7. The molecule has 0 fully saturated rings. The lowest BCUT2D eigenvalue weighted by atomic mass is 10.0. The Bertz CT molecular complexity index is 1480. The zero-order valence-electron chi connectivity index (χ0n) is 20.2. The van der Waals surface area contributed by atoms with Crippen LogP contribution in [0, 0.1) is 13.8 Å². The number of ketones is 1. The number of halogens is 2. The number of carbonyl (C=O) groups is 3. The smallest absolute Gasteiger partial charge is 0.299 e. The number of H-pyrrole nitrogens is 1. The number of imidazole rings is 1. The zero-order valence-corrected chi connectivity index (χ0v) is 21.8. The molecule has 188 valence electrons. The molecule has 2 amide bonds. The van der Waals surface area contributed by atoms with E-state index in [9.17, 15) is 14.4 Å². The molecule has 0 spiro atoms. The minimum atomic E-state index is -0.688. The van der Waals surface area contributed by atoms with Gasteiger partial charge in [-0.3, -0.25) is 19.3 Å². The van der Waals surface area contributed by atoms with Gasteiger partial charge in [-0.25, -0.2) is 4.98 Å². The number of rotatable bonds is 6. The highest BCUT2D eigenvalue weighted by Crippen LogP contribution is 2.35. The number of amides is 2. The second-order valence-corrected chi connectivity index (χ2v) is 9.19. The van der Waals surface area contributed by atoms with Gasteiger partial charge in [0.25, 0.3) is 11.7 Å². The lowest BCUT2D eigenvalue weighted by Crippen LogP contribution is -2.42. The van der Waals surface area contributed by atoms with Crippen LogP contribution < -0.4 is 9.80 Å². The van der Waals surface area contributed by atoms with E-state index in [0.29, 0.717) is 27.5 Å². The summed E-state index contributed by atoms with van der Waals surface area (Å²) in [4.78, 5) is 49.5. The van der Waals surface area contributed by atoms with Gasteiger partial charge >= 0.3 is 0 Å². The van der Waals surface area contributed by atoms with Crippen LogP contribution >= 0.6 is 24.0 Å². The topological polar surface area (TPSA) is 86.4 Å². The molecule has 1 aliphatic heterocycles. The summed E-state index contributed by atoms with van der Waals surface area (Å²) >= 11 is 6.19. The molecular formula is C28H24Cl2N4O3. The summed E-state index contributed by atoms with van der Waals surface area (Å²) in [5.74, 6) is -1.59. The van der Waals surface area contributed by atoms with Crippen LogP contribution in [0.5, 0.6) is 0 Å². The van der Waals surface area contributed by atoms with Crippen LogP contribution in [0.1, 0.15) is 27.0 Å². The van der Waals surface area contributed by atoms with Crippen LogP contribution in [0.4, 0.5) is 11.4 Å². The van der Waals surface area contributed by atoms with E-state index in [0.717, 1.165) is 22.4 Å². The molecule has 0 bridgehead atoms. The first-order chi connectivity index (χ1) is 17.3. The van der Waals surface area contributed by atoms with Crippen molar-refractivity contribution in [2.75, 3.05) is 16.3 Å². The van der Waals surface area contributed by atoms with Crippen LogP contribution in [0.25, 0.3) is 11.3 Å². The molecule has 2 heterocycles. The van der Waals surface area contributed by atoms with Crippen molar-refractivity contribution >= 4 is 53.0 Å². The van der Waals surface area contributed by atoms with Crippen LogP contribution in [0.2, 0.25) is 5.02 Å². The minimum absolute atomic E-state index is 0. The number of hydrogen-bond acceptors (Lipinski definition) is 4. The molecule has 0 saturated heterocycles. The van der Waals surface area contributed by atoms with Crippen molar-refractivity contribution in [1.29, 1.82) is 0 Å². The van der Waals surface area contributed by atoms with Gasteiger partial charge in [0.2, 0.25) is 5.91 Å². The molecule has 0 radical (unpaired) electrons. The molecule has 4 aromatic rings. The van der Waals surface area contributed by atoms with E-state index in [1.807, 2.05) is 55.5 Å². The Balaban J connectivity index is 0.00000320.